The van der Waals surface area contributed by atoms with Crippen LogP contribution in [-0.4, -0.2) is 26.2 Å². The fourth-order valence-electron chi connectivity index (χ4n) is 2.40. The van der Waals surface area contributed by atoms with Crippen LogP contribution in [0.5, 0.6) is 5.75 Å². The van der Waals surface area contributed by atoms with Crippen molar-refractivity contribution in [3.63, 3.8) is 0 Å². The van der Waals surface area contributed by atoms with E-state index in [4.69, 9.17) is 10.5 Å². The molecule has 94 valence electrons. The second kappa shape index (κ2) is 4.57. The summed E-state index contributed by atoms with van der Waals surface area (Å²) in [4.78, 5) is 2.30. The van der Waals surface area contributed by atoms with Gasteiger partial charge in [0, 0.05) is 25.3 Å². The number of likely N-dealkylation sites (N-methyl/N-ethyl adjacent to an activating group) is 1. The van der Waals surface area contributed by atoms with Crippen LogP contribution in [0.2, 0.25) is 0 Å². The topological polar surface area (TPSA) is 38.5 Å². The Morgan fingerprint density at radius 3 is 2.71 bits per heavy atom. The molecule has 0 saturated heterocycles. The van der Waals surface area contributed by atoms with E-state index >= 15 is 0 Å². The van der Waals surface area contributed by atoms with Crippen molar-refractivity contribution in [2.24, 2.45) is 11.7 Å². The summed E-state index contributed by atoms with van der Waals surface area (Å²) in [5, 5.41) is 0. The van der Waals surface area contributed by atoms with E-state index in [0.717, 1.165) is 11.7 Å². The molecular formula is C14H22N2O. The Kier molecular flexibility index (Phi) is 3.29. The molecule has 1 aliphatic rings. The third-order valence-corrected chi connectivity index (χ3v) is 4.08. The zero-order valence-electron chi connectivity index (χ0n) is 10.9. The minimum absolute atomic E-state index is 0.0619. The van der Waals surface area contributed by atoms with E-state index in [0.29, 0.717) is 6.54 Å². The number of rotatable bonds is 5. The number of methoxy groups -OCH3 is 1. The number of benzene rings is 1. The predicted molar refractivity (Wildman–Crippen MR) is 71.6 cm³/mol. The van der Waals surface area contributed by atoms with Crippen LogP contribution in [-0.2, 0) is 0 Å². The van der Waals surface area contributed by atoms with Gasteiger partial charge in [0.1, 0.15) is 5.75 Å². The first-order valence-electron chi connectivity index (χ1n) is 6.20. The minimum Gasteiger partial charge on any atom is -0.497 e. The quantitative estimate of drug-likeness (QED) is 0.849. The van der Waals surface area contributed by atoms with Gasteiger partial charge < -0.3 is 15.4 Å². The maximum Gasteiger partial charge on any atom is 0.120 e. The number of hydrogen-bond donors (Lipinski definition) is 1. The molecule has 1 atom stereocenters. The van der Waals surface area contributed by atoms with E-state index in [1.807, 2.05) is 12.1 Å². The van der Waals surface area contributed by atoms with Gasteiger partial charge in [-0.3, -0.25) is 0 Å². The highest BCUT2D eigenvalue weighted by Crippen LogP contribution is 2.43. The maximum atomic E-state index is 5.98. The molecule has 0 radical (unpaired) electrons. The highest BCUT2D eigenvalue weighted by atomic mass is 16.5. The molecule has 17 heavy (non-hydrogen) atoms. The summed E-state index contributed by atoms with van der Waals surface area (Å²) in [6.07, 6.45) is 2.59. The SMILES string of the molecule is COc1cccc(N(C)C(C)(CN)C2CC2)c1. The number of hydrogen-bond acceptors (Lipinski definition) is 3. The Bertz CT molecular complexity index is 390. The number of nitrogens with zero attached hydrogens (tertiary/aromatic N) is 1. The van der Waals surface area contributed by atoms with E-state index < -0.39 is 0 Å². The molecule has 0 aliphatic heterocycles. The van der Waals surface area contributed by atoms with Gasteiger partial charge in [0.25, 0.3) is 0 Å². The van der Waals surface area contributed by atoms with Crippen molar-refractivity contribution >= 4 is 5.69 Å². The first-order chi connectivity index (χ1) is 8.11. The molecule has 1 unspecified atom stereocenters. The lowest BCUT2D eigenvalue weighted by molar-refractivity contribution is 0.394. The highest BCUT2D eigenvalue weighted by molar-refractivity contribution is 5.52. The van der Waals surface area contributed by atoms with Gasteiger partial charge in [-0.05, 0) is 37.8 Å². The first kappa shape index (κ1) is 12.2. The summed E-state index contributed by atoms with van der Waals surface area (Å²) in [7, 11) is 3.82. The third-order valence-electron chi connectivity index (χ3n) is 4.08. The van der Waals surface area contributed by atoms with Crippen LogP contribution in [0.3, 0.4) is 0 Å². The van der Waals surface area contributed by atoms with Crippen LogP contribution >= 0.6 is 0 Å². The number of ether oxygens (including phenoxy) is 1. The fourth-order valence-corrected chi connectivity index (χ4v) is 2.40. The first-order valence-corrected chi connectivity index (χ1v) is 6.20. The molecule has 1 aliphatic carbocycles. The van der Waals surface area contributed by atoms with Gasteiger partial charge in [0.05, 0.1) is 12.6 Å². The molecule has 1 fully saturated rings. The Balaban J connectivity index is 2.25. The van der Waals surface area contributed by atoms with Crippen molar-refractivity contribution in [2.75, 3.05) is 25.6 Å². The monoisotopic (exact) mass is 234 g/mol. The minimum atomic E-state index is 0.0619. The van der Waals surface area contributed by atoms with Gasteiger partial charge >= 0.3 is 0 Å². The zero-order chi connectivity index (χ0) is 12.5. The number of nitrogens with two attached hydrogens (primary N) is 1. The van der Waals surface area contributed by atoms with Crippen LogP contribution < -0.4 is 15.4 Å². The van der Waals surface area contributed by atoms with E-state index in [1.54, 1.807) is 7.11 Å². The van der Waals surface area contributed by atoms with E-state index in [1.165, 1.54) is 18.5 Å². The fraction of sp³-hybridized carbons (Fsp3) is 0.571. The molecule has 0 amide bonds. The highest BCUT2D eigenvalue weighted by Gasteiger charge is 2.43. The van der Waals surface area contributed by atoms with Gasteiger partial charge in [-0.1, -0.05) is 6.07 Å². The summed E-state index contributed by atoms with van der Waals surface area (Å²) >= 11 is 0. The molecule has 1 aromatic carbocycles. The van der Waals surface area contributed by atoms with Crippen molar-refractivity contribution in [3.8, 4) is 5.75 Å². The lowest BCUT2D eigenvalue weighted by Gasteiger charge is -2.40. The summed E-state index contributed by atoms with van der Waals surface area (Å²) in [6.45, 7) is 2.94. The molecule has 0 spiro atoms. The third kappa shape index (κ3) is 2.25. The van der Waals surface area contributed by atoms with Gasteiger partial charge in [-0.25, -0.2) is 0 Å². The Morgan fingerprint density at radius 1 is 1.47 bits per heavy atom. The average molecular weight is 234 g/mol. The van der Waals surface area contributed by atoms with Crippen molar-refractivity contribution in [3.05, 3.63) is 24.3 Å². The maximum absolute atomic E-state index is 5.98. The second-order valence-corrected chi connectivity index (χ2v) is 5.10. The van der Waals surface area contributed by atoms with E-state index in [-0.39, 0.29) is 5.54 Å². The molecule has 2 N–H and O–H groups in total. The molecule has 0 bridgehead atoms. The molecule has 2 rings (SSSR count). The van der Waals surface area contributed by atoms with Gasteiger partial charge in [-0.15, -0.1) is 0 Å². The Hall–Kier alpha value is -1.22. The van der Waals surface area contributed by atoms with Gasteiger partial charge in [-0.2, -0.15) is 0 Å². The molecule has 3 heteroatoms. The summed E-state index contributed by atoms with van der Waals surface area (Å²) < 4.78 is 5.27. The zero-order valence-corrected chi connectivity index (χ0v) is 10.9. The second-order valence-electron chi connectivity index (χ2n) is 5.10. The average Bonchev–Trinajstić information content (AvgIpc) is 3.21. The van der Waals surface area contributed by atoms with Crippen LogP contribution in [0.15, 0.2) is 24.3 Å². The van der Waals surface area contributed by atoms with Crippen LogP contribution in [0.25, 0.3) is 0 Å². The van der Waals surface area contributed by atoms with Crippen molar-refractivity contribution in [1.29, 1.82) is 0 Å². The summed E-state index contributed by atoms with van der Waals surface area (Å²) in [5.41, 5.74) is 7.22. The smallest absolute Gasteiger partial charge is 0.120 e. The summed E-state index contributed by atoms with van der Waals surface area (Å²) in [6, 6.07) is 8.16. The van der Waals surface area contributed by atoms with Crippen molar-refractivity contribution in [2.45, 2.75) is 25.3 Å². The van der Waals surface area contributed by atoms with Crippen molar-refractivity contribution < 1.29 is 4.74 Å². The Morgan fingerprint density at radius 2 is 2.18 bits per heavy atom. The van der Waals surface area contributed by atoms with E-state index in [9.17, 15) is 0 Å². The number of anilines is 1. The van der Waals surface area contributed by atoms with Crippen LogP contribution in [0, 0.1) is 5.92 Å². The molecule has 1 saturated carbocycles. The largest absolute Gasteiger partial charge is 0.497 e. The van der Waals surface area contributed by atoms with Crippen LogP contribution in [0.1, 0.15) is 19.8 Å². The van der Waals surface area contributed by atoms with Crippen LogP contribution in [0.4, 0.5) is 5.69 Å². The van der Waals surface area contributed by atoms with Crippen molar-refractivity contribution in [1.82, 2.24) is 0 Å². The normalized spacial score (nSPS) is 18.6. The molecule has 0 aromatic heterocycles. The molecule has 3 nitrogen and oxygen atoms in total. The Labute approximate surface area is 104 Å². The lowest BCUT2D eigenvalue weighted by atomic mass is 9.93. The molecule has 0 heterocycles. The van der Waals surface area contributed by atoms with E-state index in [2.05, 4.69) is 31.0 Å². The summed E-state index contributed by atoms with van der Waals surface area (Å²) in [5.74, 6) is 1.62. The van der Waals surface area contributed by atoms with Gasteiger partial charge in [0.15, 0.2) is 0 Å². The predicted octanol–water partition coefficient (Wildman–Crippen LogP) is 2.26. The van der Waals surface area contributed by atoms with Gasteiger partial charge in [0.2, 0.25) is 0 Å². The molecular weight excluding hydrogens is 212 g/mol. The standard InChI is InChI=1S/C14H22N2O/c1-14(10-15,11-7-8-11)16(2)12-5-4-6-13(9-12)17-3/h4-6,9,11H,7-8,10,15H2,1-3H3. The molecule has 1 aromatic rings. The lowest BCUT2D eigenvalue weighted by Crippen LogP contribution is -2.51.